The first-order valence-electron chi connectivity index (χ1n) is 22.7. The van der Waals surface area contributed by atoms with Crippen molar-refractivity contribution in [2.75, 3.05) is 90.2 Å². The van der Waals surface area contributed by atoms with Gasteiger partial charge in [0.05, 0.1) is 85.1 Å². The summed E-state index contributed by atoms with van der Waals surface area (Å²) in [4.78, 5) is 96.5. The Morgan fingerprint density at radius 2 is 1.49 bits per heavy atom. The molecule has 35 heteroatoms. The Hall–Kier alpha value is -4.77. The van der Waals surface area contributed by atoms with E-state index in [2.05, 4.69) is 52.8 Å². The number of nitrogens with one attached hydrogen (secondary N) is 3. The Kier molecular flexibility index (Phi) is 18.4. The molecule has 404 valence electrons. The molecule has 31 nitrogen and oxygen atoms in total. The summed E-state index contributed by atoms with van der Waals surface area (Å²) in [6.45, 7) is -6.36. The standard InChI is InChI=1S/C39H52N12O19P2S2/c1-20-14-25(54)49(36(20)58)5-2-23(52)41-4-7-62-9-11-64-13-12-63-10-8-61-6-3-24(53)46-32-26-33(43-17-42-32)50(18-44-26)38-31-28(55)21(67-38)15-65-71(59,73)69-30-22(16-66-72(60,74)70-31)68-37(29(30)56)51-19-45-27-34(51)47-39(40)48-35(27)57/h14,17-19,21-22,28-31,37-38,55-56H,2-13,15-16H2,1H3,(H,41,52)(H,59,73)(H,60,74)(H3,40,47,48,57)(H,42,43,46,53). The molecule has 8 N–H and O–H groups in total. The normalized spacial score (nSPS) is 28.5. The quantitative estimate of drug-likeness (QED) is 0.0200. The third-order valence-corrected chi connectivity index (χ3v) is 14.6. The molecule has 8 rings (SSSR count). The number of anilines is 2. The van der Waals surface area contributed by atoms with Crippen molar-refractivity contribution < 1.29 is 85.4 Å². The number of carbonyl (C=O) groups excluding carboxylic acids is 4. The lowest BCUT2D eigenvalue weighted by Crippen LogP contribution is -2.36. The molecule has 0 aliphatic carbocycles. The molecule has 8 heterocycles. The Bertz CT molecular complexity index is 2890. The molecule has 4 aliphatic heterocycles. The molecule has 4 aliphatic rings. The molecule has 0 saturated carbocycles. The summed E-state index contributed by atoms with van der Waals surface area (Å²) >= 11 is 9.43. The van der Waals surface area contributed by atoms with Gasteiger partial charge < -0.3 is 64.4 Å². The molecule has 3 saturated heterocycles. The fourth-order valence-corrected chi connectivity index (χ4v) is 10.8. The Morgan fingerprint density at radius 1 is 0.838 bits per heavy atom. The predicted octanol–water partition coefficient (Wildman–Crippen LogP) is -1.65. The number of nitrogens with zero attached hydrogens (tertiary/aromatic N) is 8. The van der Waals surface area contributed by atoms with Crippen molar-refractivity contribution in [1.82, 2.24) is 49.3 Å². The van der Waals surface area contributed by atoms with Crippen LogP contribution in [0.5, 0.6) is 0 Å². The van der Waals surface area contributed by atoms with Crippen LogP contribution in [0.4, 0.5) is 11.8 Å². The molecule has 2 bridgehead atoms. The van der Waals surface area contributed by atoms with Crippen LogP contribution in [0.25, 0.3) is 22.3 Å². The number of aliphatic hydroxyl groups excluding tert-OH is 2. The molecular formula is C39H52N12O19P2S2. The van der Waals surface area contributed by atoms with E-state index in [0.29, 0.717) is 18.8 Å². The van der Waals surface area contributed by atoms with E-state index in [-0.39, 0.29) is 106 Å². The van der Waals surface area contributed by atoms with E-state index >= 15 is 0 Å². The lowest BCUT2D eigenvalue weighted by atomic mass is 10.1. The van der Waals surface area contributed by atoms with Crippen LogP contribution < -0.4 is 21.9 Å². The first-order chi connectivity index (χ1) is 35.4. The molecule has 10 unspecified atom stereocenters. The average molecular weight is 1120 g/mol. The third kappa shape index (κ3) is 13.4. The minimum absolute atomic E-state index is 0.00521. The van der Waals surface area contributed by atoms with Gasteiger partial charge in [-0.05, 0) is 18.7 Å². The van der Waals surface area contributed by atoms with Crippen molar-refractivity contribution in [3.63, 3.8) is 0 Å². The van der Waals surface area contributed by atoms with Gasteiger partial charge in [0.25, 0.3) is 17.4 Å². The number of rotatable bonds is 21. The molecule has 74 heavy (non-hydrogen) atoms. The van der Waals surface area contributed by atoms with Crippen LogP contribution in [0.15, 0.2) is 35.4 Å². The second-order valence-electron chi connectivity index (χ2n) is 16.6. The summed E-state index contributed by atoms with van der Waals surface area (Å²) in [5, 5.41) is 28.2. The minimum Gasteiger partial charge on any atom is -0.387 e. The first-order valence-corrected chi connectivity index (χ1v) is 28.0. The fourth-order valence-electron chi connectivity index (χ4n) is 7.90. The monoisotopic (exact) mass is 1120 g/mol. The first kappa shape index (κ1) is 55.5. The van der Waals surface area contributed by atoms with E-state index in [9.17, 15) is 43.6 Å². The molecule has 4 aromatic heterocycles. The number of thiol groups is 1. The topological polar surface area (TPSA) is 399 Å². The van der Waals surface area contributed by atoms with Gasteiger partial charge in [0.2, 0.25) is 17.8 Å². The van der Waals surface area contributed by atoms with Gasteiger partial charge in [-0.15, -0.1) is 0 Å². The predicted molar refractivity (Wildman–Crippen MR) is 257 cm³/mol. The van der Waals surface area contributed by atoms with Crippen LogP contribution in [-0.4, -0.2) is 198 Å². The van der Waals surface area contributed by atoms with E-state index in [1.54, 1.807) is 6.92 Å². The van der Waals surface area contributed by atoms with Crippen LogP contribution in [0.3, 0.4) is 0 Å². The lowest BCUT2D eigenvalue weighted by molar-refractivity contribution is -0.137. The molecular weight excluding hydrogens is 1070 g/mol. The maximum absolute atomic E-state index is 13.9. The Balaban J connectivity index is 0.761. The van der Waals surface area contributed by atoms with Gasteiger partial charge >= 0.3 is 13.5 Å². The van der Waals surface area contributed by atoms with Crippen molar-refractivity contribution in [2.45, 2.75) is 68.8 Å². The lowest BCUT2D eigenvalue weighted by Gasteiger charge is -2.27. The van der Waals surface area contributed by atoms with Crippen molar-refractivity contribution >= 4 is 95.3 Å². The smallest absolute Gasteiger partial charge is 0.386 e. The second kappa shape index (κ2) is 24.5. The number of aliphatic hydroxyl groups is 2. The summed E-state index contributed by atoms with van der Waals surface area (Å²) in [5.74, 6) is -1.81. The number of fused-ring (bicyclic) bond motifs is 5. The van der Waals surface area contributed by atoms with Crippen LogP contribution >= 0.6 is 25.8 Å². The summed E-state index contributed by atoms with van der Waals surface area (Å²) in [5.41, 5.74) is 5.44. The highest BCUT2D eigenvalue weighted by atomic mass is 32.7. The van der Waals surface area contributed by atoms with Crippen LogP contribution in [0.2, 0.25) is 0 Å². The van der Waals surface area contributed by atoms with Gasteiger partial charge in [-0.1, -0.05) is 12.2 Å². The molecule has 0 radical (unpaired) electrons. The van der Waals surface area contributed by atoms with Gasteiger partial charge in [-0.3, -0.25) is 56.6 Å². The maximum atomic E-state index is 13.9. The number of amides is 4. The molecule has 3 fully saturated rings. The number of hydrogen-bond donors (Lipinski definition) is 8. The van der Waals surface area contributed by atoms with Gasteiger partial charge in [0.1, 0.15) is 43.0 Å². The van der Waals surface area contributed by atoms with Crippen LogP contribution in [0, 0.1) is 0 Å². The zero-order valence-electron chi connectivity index (χ0n) is 39.1. The second-order valence-corrected chi connectivity index (χ2v) is 22.2. The van der Waals surface area contributed by atoms with E-state index in [4.69, 9.17) is 64.1 Å². The third-order valence-electron chi connectivity index (χ3n) is 11.5. The van der Waals surface area contributed by atoms with E-state index in [1.165, 1.54) is 27.9 Å². The SMILES string of the molecule is CC1=CC(=O)N(CCC(=O)NCCOCCOCCOCCOCCC(=O)Nc2ncnc3c2ncn3C2OC3COP(O)(=S)OC4C(COP(=O)(S)OC2C3O)OC(n2cnc3c(=O)[nH]c(N)nc32)C4O)C1=O. The summed E-state index contributed by atoms with van der Waals surface area (Å²) in [6.07, 6.45) is -6.95. The number of aromatic nitrogens is 8. The number of imidazole rings is 2. The zero-order chi connectivity index (χ0) is 52.7. The molecule has 0 spiro atoms. The molecule has 4 amide bonds. The highest BCUT2D eigenvalue weighted by Crippen LogP contribution is 2.58. The molecule has 4 aromatic rings. The number of aromatic amines is 1. The maximum Gasteiger partial charge on any atom is 0.386 e. The van der Waals surface area contributed by atoms with E-state index in [0.717, 1.165) is 11.2 Å². The molecule has 10 atom stereocenters. The number of imide groups is 1. The van der Waals surface area contributed by atoms with Gasteiger partial charge in [-0.25, -0.2) is 24.5 Å². The number of nitrogens with two attached hydrogens (primary N) is 1. The van der Waals surface area contributed by atoms with Crippen molar-refractivity contribution in [3.05, 3.63) is 41.0 Å². The largest absolute Gasteiger partial charge is 0.387 e. The summed E-state index contributed by atoms with van der Waals surface area (Å²) in [7, 11) is 0. The number of carbonyl (C=O) groups is 4. The Labute approximate surface area is 428 Å². The number of nitrogen functional groups attached to an aromatic ring is 1. The number of hydrogen-bond acceptors (Lipinski definition) is 25. The van der Waals surface area contributed by atoms with Crippen molar-refractivity contribution in [1.29, 1.82) is 0 Å². The fraction of sp³-hybridized carbons (Fsp3) is 0.590. The van der Waals surface area contributed by atoms with Crippen LogP contribution in [-0.2, 0) is 82.1 Å². The molecule has 0 aromatic carbocycles. The van der Waals surface area contributed by atoms with Gasteiger partial charge in [-0.2, -0.15) is 4.98 Å². The minimum atomic E-state index is -4.49. The zero-order valence-corrected chi connectivity index (χ0v) is 42.6. The summed E-state index contributed by atoms with van der Waals surface area (Å²) < 4.78 is 73.2. The number of H-pyrrole nitrogens is 1. The number of ether oxygens (including phenoxy) is 6. The van der Waals surface area contributed by atoms with Gasteiger partial charge in [0.15, 0.2) is 40.6 Å². The van der Waals surface area contributed by atoms with E-state index < -0.39 is 99.1 Å². The Morgan fingerprint density at radius 3 is 2.19 bits per heavy atom. The average Bonchev–Trinajstić information content (AvgIpc) is 4.16. The van der Waals surface area contributed by atoms with Crippen LogP contribution in [0.1, 0.15) is 32.2 Å². The highest BCUT2D eigenvalue weighted by Gasteiger charge is 2.53. The highest BCUT2D eigenvalue weighted by molar-refractivity contribution is 8.44. The van der Waals surface area contributed by atoms with E-state index in [1.807, 2.05) is 0 Å². The summed E-state index contributed by atoms with van der Waals surface area (Å²) in [6, 6.07) is 0. The van der Waals surface area contributed by atoms with Crippen molar-refractivity contribution in [3.8, 4) is 0 Å². The van der Waals surface area contributed by atoms with Crippen molar-refractivity contribution in [2.24, 2.45) is 0 Å². The van der Waals surface area contributed by atoms with Gasteiger partial charge in [0, 0.05) is 31.2 Å².